The van der Waals surface area contributed by atoms with Gasteiger partial charge in [0.05, 0.1) is 9.82 Å². The van der Waals surface area contributed by atoms with E-state index in [1.807, 2.05) is 12.1 Å². The van der Waals surface area contributed by atoms with E-state index in [2.05, 4.69) is 32.6 Å². The molecule has 0 saturated carbocycles. The van der Waals surface area contributed by atoms with Gasteiger partial charge in [-0.3, -0.25) is 14.9 Å². The zero-order valence-corrected chi connectivity index (χ0v) is 15.8. The van der Waals surface area contributed by atoms with Gasteiger partial charge in [0.1, 0.15) is 0 Å². The Morgan fingerprint density at radius 1 is 1.08 bits per heavy atom. The molecule has 2 aromatic rings. The minimum Gasteiger partial charge on any atom is -0.326 e. The fourth-order valence-electron chi connectivity index (χ4n) is 1.89. The Morgan fingerprint density at radius 2 is 1.68 bits per heavy atom. The minimum absolute atomic E-state index is 0.0435. The van der Waals surface area contributed by atoms with Gasteiger partial charge >= 0.3 is 0 Å². The van der Waals surface area contributed by atoms with Crippen molar-refractivity contribution in [2.75, 3.05) is 11.9 Å². The van der Waals surface area contributed by atoms with Crippen molar-refractivity contribution in [3.63, 3.8) is 0 Å². The number of benzene rings is 2. The lowest BCUT2D eigenvalue weighted by atomic mass is 10.3. The summed E-state index contributed by atoms with van der Waals surface area (Å²) < 4.78 is 27.5. The number of anilines is 1. The molecule has 0 heterocycles. The Kier molecular flexibility index (Phi) is 6.45. The van der Waals surface area contributed by atoms with Gasteiger partial charge in [-0.05, 0) is 59.0 Å². The van der Waals surface area contributed by atoms with E-state index in [-0.39, 0.29) is 29.5 Å². The van der Waals surface area contributed by atoms with Crippen LogP contribution in [0.15, 0.2) is 53.4 Å². The molecular formula is C15H14IN3O5S. The van der Waals surface area contributed by atoms with Crippen LogP contribution in [0.2, 0.25) is 0 Å². The van der Waals surface area contributed by atoms with Gasteiger partial charge in [0.25, 0.3) is 5.69 Å². The molecule has 0 aliphatic heterocycles. The van der Waals surface area contributed by atoms with Crippen LogP contribution in [0.1, 0.15) is 6.42 Å². The highest BCUT2D eigenvalue weighted by molar-refractivity contribution is 14.1. The Labute approximate surface area is 158 Å². The van der Waals surface area contributed by atoms with E-state index < -0.39 is 14.9 Å². The van der Waals surface area contributed by atoms with E-state index in [0.717, 1.165) is 27.8 Å². The average Bonchev–Trinajstić information content (AvgIpc) is 2.57. The van der Waals surface area contributed by atoms with E-state index in [1.165, 1.54) is 0 Å². The SMILES string of the molecule is O=C(CCNS(=O)(=O)c1ccc([N+](=O)[O-])cc1)Nc1ccc(I)cc1. The number of nitrogens with zero attached hydrogens (tertiary/aromatic N) is 1. The van der Waals surface area contributed by atoms with Crippen LogP contribution in [0.5, 0.6) is 0 Å². The third-order valence-electron chi connectivity index (χ3n) is 3.13. The summed E-state index contributed by atoms with van der Waals surface area (Å²) in [6.07, 6.45) is -0.0435. The lowest BCUT2D eigenvalue weighted by molar-refractivity contribution is -0.384. The van der Waals surface area contributed by atoms with E-state index in [0.29, 0.717) is 5.69 Å². The van der Waals surface area contributed by atoms with Gasteiger partial charge < -0.3 is 5.32 Å². The van der Waals surface area contributed by atoms with Gasteiger partial charge in [-0.1, -0.05) is 0 Å². The predicted molar refractivity (Wildman–Crippen MR) is 101 cm³/mol. The van der Waals surface area contributed by atoms with Crippen molar-refractivity contribution < 1.29 is 18.1 Å². The summed E-state index contributed by atoms with van der Waals surface area (Å²) in [6, 6.07) is 11.7. The molecule has 1 amide bonds. The first-order valence-electron chi connectivity index (χ1n) is 7.07. The number of sulfonamides is 1. The summed E-state index contributed by atoms with van der Waals surface area (Å²) in [7, 11) is -3.83. The highest BCUT2D eigenvalue weighted by Gasteiger charge is 2.16. The Bertz CT molecular complexity index is 867. The van der Waals surface area contributed by atoms with Gasteiger partial charge in [-0.2, -0.15) is 0 Å². The lowest BCUT2D eigenvalue weighted by Gasteiger charge is -2.08. The normalized spacial score (nSPS) is 11.1. The van der Waals surface area contributed by atoms with Gasteiger partial charge in [0.2, 0.25) is 15.9 Å². The van der Waals surface area contributed by atoms with Crippen LogP contribution in [-0.2, 0) is 14.8 Å². The van der Waals surface area contributed by atoms with Gasteiger partial charge in [-0.15, -0.1) is 0 Å². The number of amides is 1. The first kappa shape index (κ1) is 19.3. The Hall–Kier alpha value is -2.05. The molecule has 0 unspecified atom stereocenters. The van der Waals surface area contributed by atoms with Crippen molar-refractivity contribution in [3.05, 3.63) is 62.2 Å². The monoisotopic (exact) mass is 475 g/mol. The first-order chi connectivity index (χ1) is 11.8. The topological polar surface area (TPSA) is 118 Å². The molecule has 0 aromatic heterocycles. The Morgan fingerprint density at radius 3 is 2.24 bits per heavy atom. The van der Waals surface area contributed by atoms with Crippen LogP contribution >= 0.6 is 22.6 Å². The van der Waals surface area contributed by atoms with Crippen molar-refractivity contribution in [2.24, 2.45) is 0 Å². The van der Waals surface area contributed by atoms with E-state index >= 15 is 0 Å². The number of hydrogen-bond donors (Lipinski definition) is 2. The molecule has 10 heteroatoms. The summed E-state index contributed by atoms with van der Waals surface area (Å²) in [6.45, 7) is -0.0878. The van der Waals surface area contributed by atoms with Crippen molar-refractivity contribution in [3.8, 4) is 0 Å². The van der Waals surface area contributed by atoms with Crippen molar-refractivity contribution in [2.45, 2.75) is 11.3 Å². The summed E-state index contributed by atoms with van der Waals surface area (Å²) in [5.41, 5.74) is 0.430. The standard InChI is InChI=1S/C15H14IN3O5S/c16-11-1-3-12(4-2-11)18-15(20)9-10-17-25(23,24)14-7-5-13(6-8-14)19(21)22/h1-8,17H,9-10H2,(H,18,20). The van der Waals surface area contributed by atoms with E-state index in [1.54, 1.807) is 12.1 Å². The fourth-order valence-corrected chi connectivity index (χ4v) is 3.28. The second-order valence-electron chi connectivity index (χ2n) is 4.95. The van der Waals surface area contributed by atoms with Gasteiger partial charge in [-0.25, -0.2) is 13.1 Å². The van der Waals surface area contributed by atoms with Gasteiger partial charge in [0, 0.05) is 34.4 Å². The first-order valence-corrected chi connectivity index (χ1v) is 9.64. The number of carbonyl (C=O) groups excluding carboxylic acids is 1. The maximum atomic E-state index is 12.1. The van der Waals surface area contributed by atoms with Crippen LogP contribution in [0.25, 0.3) is 0 Å². The Balaban J connectivity index is 1.88. The number of halogens is 1. The van der Waals surface area contributed by atoms with Crippen LogP contribution in [0.3, 0.4) is 0 Å². The number of rotatable bonds is 7. The maximum Gasteiger partial charge on any atom is 0.269 e. The fraction of sp³-hybridized carbons (Fsp3) is 0.133. The zero-order valence-electron chi connectivity index (χ0n) is 12.8. The average molecular weight is 475 g/mol. The number of carbonyl (C=O) groups is 1. The van der Waals surface area contributed by atoms with Gasteiger partial charge in [0.15, 0.2) is 0 Å². The molecule has 0 saturated heterocycles. The van der Waals surface area contributed by atoms with Crippen LogP contribution in [-0.4, -0.2) is 25.8 Å². The molecule has 132 valence electrons. The molecule has 0 radical (unpaired) electrons. The third kappa shape index (κ3) is 5.76. The summed E-state index contributed by atoms with van der Waals surface area (Å²) >= 11 is 2.15. The molecule has 2 N–H and O–H groups in total. The van der Waals surface area contributed by atoms with Crippen LogP contribution in [0.4, 0.5) is 11.4 Å². The number of nitro benzene ring substituents is 1. The third-order valence-corrected chi connectivity index (χ3v) is 5.33. The molecule has 2 rings (SSSR count). The van der Waals surface area contributed by atoms with Crippen molar-refractivity contribution >= 4 is 49.9 Å². The number of nitrogens with one attached hydrogen (secondary N) is 2. The summed E-state index contributed by atoms with van der Waals surface area (Å²) in [4.78, 5) is 21.7. The van der Waals surface area contributed by atoms with E-state index in [9.17, 15) is 23.3 Å². The van der Waals surface area contributed by atoms with Crippen LogP contribution in [0, 0.1) is 13.7 Å². The molecule has 2 aromatic carbocycles. The second kappa shape index (κ2) is 8.36. The van der Waals surface area contributed by atoms with Crippen LogP contribution < -0.4 is 10.0 Å². The zero-order chi connectivity index (χ0) is 18.4. The molecule has 0 aliphatic carbocycles. The van der Waals surface area contributed by atoms with Crippen molar-refractivity contribution in [1.82, 2.24) is 4.72 Å². The molecular weight excluding hydrogens is 461 g/mol. The lowest BCUT2D eigenvalue weighted by Crippen LogP contribution is -2.27. The molecule has 0 bridgehead atoms. The highest BCUT2D eigenvalue weighted by Crippen LogP contribution is 2.15. The maximum absolute atomic E-state index is 12.1. The molecule has 25 heavy (non-hydrogen) atoms. The summed E-state index contributed by atoms with van der Waals surface area (Å²) in [5, 5.41) is 13.2. The van der Waals surface area contributed by atoms with E-state index in [4.69, 9.17) is 0 Å². The second-order valence-corrected chi connectivity index (χ2v) is 7.97. The smallest absolute Gasteiger partial charge is 0.269 e. The quantitative estimate of drug-likeness (QED) is 0.363. The van der Waals surface area contributed by atoms with Crippen molar-refractivity contribution in [1.29, 1.82) is 0 Å². The molecule has 0 fully saturated rings. The predicted octanol–water partition coefficient (Wildman–Crippen LogP) is 2.51. The minimum atomic E-state index is -3.83. The molecule has 8 nitrogen and oxygen atoms in total. The summed E-state index contributed by atoms with van der Waals surface area (Å²) in [5.74, 6) is -0.326. The number of hydrogen-bond acceptors (Lipinski definition) is 5. The molecule has 0 spiro atoms. The number of nitro groups is 1. The highest BCUT2D eigenvalue weighted by atomic mass is 127. The molecule has 0 aliphatic rings. The molecule has 0 atom stereocenters. The number of non-ortho nitro benzene ring substituents is 1. The largest absolute Gasteiger partial charge is 0.326 e.